The molecule has 0 spiro atoms. The van der Waals surface area contributed by atoms with Gasteiger partial charge >= 0.3 is 0 Å². The smallest absolute Gasteiger partial charge is 0.262 e. The van der Waals surface area contributed by atoms with E-state index in [1.807, 2.05) is 12.1 Å². The van der Waals surface area contributed by atoms with Crippen LogP contribution in [0.15, 0.2) is 67.9 Å². The number of nitrogens with zero attached hydrogens (tertiary/aromatic N) is 1. The summed E-state index contributed by atoms with van der Waals surface area (Å²) in [6.45, 7) is 11.3. The van der Waals surface area contributed by atoms with Crippen LogP contribution in [0.2, 0.25) is 5.02 Å². The van der Waals surface area contributed by atoms with Crippen LogP contribution in [0.4, 0.5) is 5.69 Å². The molecule has 0 aromatic heterocycles. The standard InChI is InChI=1S/C34H37Br2ClN2O4/c1-6-11-39-24-14-33(2,3)16-26(40)30(24)29(31-25(39)15-34(4,5)17-27(31)41)19-12-22(35)32(23(36)13-19)43-18-28(42)38-21-9-7-20(37)8-10-21/h7-10,12-13,29H,6,11,14-18H2,1-5H3,(H,38,42). The summed E-state index contributed by atoms with van der Waals surface area (Å²) in [4.78, 5) is 42.8. The van der Waals surface area contributed by atoms with E-state index in [0.29, 0.717) is 38.2 Å². The van der Waals surface area contributed by atoms with Gasteiger partial charge in [0.1, 0.15) is 5.75 Å². The van der Waals surface area contributed by atoms with Crippen molar-refractivity contribution >= 4 is 66.6 Å². The van der Waals surface area contributed by atoms with E-state index in [-0.39, 0.29) is 34.9 Å². The molecule has 0 atom stereocenters. The number of ether oxygens (including phenoxy) is 1. The van der Waals surface area contributed by atoms with Crippen LogP contribution in [-0.4, -0.2) is 35.5 Å². The number of rotatable bonds is 7. The molecule has 0 saturated heterocycles. The van der Waals surface area contributed by atoms with Gasteiger partial charge in [0.2, 0.25) is 0 Å². The number of hydrogen-bond donors (Lipinski definition) is 1. The number of hydrogen-bond acceptors (Lipinski definition) is 5. The fourth-order valence-electron chi connectivity index (χ4n) is 6.63. The molecule has 9 heteroatoms. The predicted molar refractivity (Wildman–Crippen MR) is 177 cm³/mol. The Morgan fingerprint density at radius 3 is 1.93 bits per heavy atom. The van der Waals surface area contributed by atoms with Crippen LogP contribution in [0.5, 0.6) is 5.75 Å². The number of halogens is 3. The van der Waals surface area contributed by atoms with Crippen molar-refractivity contribution in [3.05, 3.63) is 78.5 Å². The first kappa shape index (κ1) is 32.0. The fraction of sp³-hybridized carbons (Fsp3) is 0.441. The third-order valence-electron chi connectivity index (χ3n) is 8.30. The SMILES string of the molecule is CCCN1C2=C(C(=O)CC(C)(C)C2)C(c2cc(Br)c(OCC(=O)Nc3ccc(Cl)cc3)c(Br)c2)C2=C1CC(C)(C)CC2=O. The first-order valence-corrected chi connectivity index (χ1v) is 16.6. The Bertz CT molecular complexity index is 1480. The van der Waals surface area contributed by atoms with Gasteiger partial charge in [-0.05, 0) is 104 Å². The minimum atomic E-state index is -0.458. The van der Waals surface area contributed by atoms with Gasteiger partial charge < -0.3 is 15.0 Å². The number of Topliss-reactive ketones (excluding diaryl/α,β-unsaturated/α-hetero) is 2. The fourth-order valence-corrected chi connectivity index (χ4v) is 8.20. The number of nitrogens with one attached hydrogen (secondary N) is 1. The van der Waals surface area contributed by atoms with Gasteiger partial charge in [0.15, 0.2) is 18.2 Å². The van der Waals surface area contributed by atoms with Crippen LogP contribution in [0.25, 0.3) is 0 Å². The third-order valence-corrected chi connectivity index (χ3v) is 9.73. The molecule has 1 heterocycles. The molecule has 0 fully saturated rings. The lowest BCUT2D eigenvalue weighted by molar-refractivity contribution is -0.120. The molecule has 6 nitrogen and oxygen atoms in total. The van der Waals surface area contributed by atoms with Crippen LogP contribution in [-0.2, 0) is 14.4 Å². The van der Waals surface area contributed by atoms with E-state index < -0.39 is 5.92 Å². The van der Waals surface area contributed by atoms with Crippen LogP contribution in [0, 0.1) is 10.8 Å². The summed E-state index contributed by atoms with van der Waals surface area (Å²) in [7, 11) is 0. The molecular weight excluding hydrogens is 696 g/mol. The Labute approximate surface area is 275 Å². The normalized spacial score (nSPS) is 19.8. The van der Waals surface area contributed by atoms with E-state index in [1.54, 1.807) is 24.3 Å². The van der Waals surface area contributed by atoms with E-state index in [9.17, 15) is 14.4 Å². The maximum Gasteiger partial charge on any atom is 0.262 e. The van der Waals surface area contributed by atoms with E-state index in [4.69, 9.17) is 16.3 Å². The van der Waals surface area contributed by atoms with Crippen LogP contribution in [0.1, 0.15) is 78.2 Å². The van der Waals surface area contributed by atoms with Gasteiger partial charge in [0, 0.05) is 58.6 Å². The topological polar surface area (TPSA) is 75.7 Å². The molecule has 0 unspecified atom stereocenters. The number of carbonyl (C=O) groups excluding carboxylic acids is 3. The van der Waals surface area contributed by atoms with E-state index in [2.05, 4.69) is 76.7 Å². The molecule has 0 saturated carbocycles. The van der Waals surface area contributed by atoms with E-state index >= 15 is 0 Å². The summed E-state index contributed by atoms with van der Waals surface area (Å²) < 4.78 is 7.19. The zero-order valence-electron chi connectivity index (χ0n) is 25.2. The molecule has 0 radical (unpaired) electrons. The average molecular weight is 733 g/mol. The van der Waals surface area contributed by atoms with Crippen LogP contribution in [0.3, 0.4) is 0 Å². The Morgan fingerprint density at radius 1 is 0.930 bits per heavy atom. The van der Waals surface area contributed by atoms with Crippen LogP contribution >= 0.6 is 43.5 Å². The third kappa shape index (κ3) is 6.66. The minimum Gasteiger partial charge on any atom is -0.481 e. The largest absolute Gasteiger partial charge is 0.481 e. The van der Waals surface area contributed by atoms with Gasteiger partial charge in [0.05, 0.1) is 8.95 Å². The molecule has 2 aliphatic carbocycles. The van der Waals surface area contributed by atoms with Crippen molar-refractivity contribution in [1.82, 2.24) is 4.90 Å². The number of benzene rings is 2. The molecule has 3 aliphatic rings. The van der Waals surface area contributed by atoms with E-state index in [0.717, 1.165) is 53.9 Å². The van der Waals surface area contributed by atoms with Crippen molar-refractivity contribution < 1.29 is 19.1 Å². The van der Waals surface area contributed by atoms with Crippen molar-refractivity contribution in [2.24, 2.45) is 10.8 Å². The Morgan fingerprint density at radius 2 is 1.44 bits per heavy atom. The molecular formula is C34H37Br2ClN2O4. The van der Waals surface area contributed by atoms with Gasteiger partial charge in [-0.25, -0.2) is 0 Å². The van der Waals surface area contributed by atoms with Crippen molar-refractivity contribution in [3.63, 3.8) is 0 Å². The summed E-state index contributed by atoms with van der Waals surface area (Å²) in [5.74, 6) is -0.0981. The molecule has 228 valence electrons. The minimum absolute atomic E-state index is 0.105. The second-order valence-corrected chi connectivity index (χ2v) is 15.5. The summed E-state index contributed by atoms with van der Waals surface area (Å²) in [5, 5.41) is 3.38. The highest BCUT2D eigenvalue weighted by Crippen LogP contribution is 2.55. The second-order valence-electron chi connectivity index (χ2n) is 13.3. The van der Waals surface area contributed by atoms with Crippen molar-refractivity contribution in [2.45, 2.75) is 72.6 Å². The first-order chi connectivity index (χ1) is 20.2. The zero-order valence-corrected chi connectivity index (χ0v) is 29.1. The molecule has 1 aliphatic heterocycles. The quantitative estimate of drug-likeness (QED) is 0.308. The molecule has 1 amide bonds. The van der Waals surface area contributed by atoms with Crippen molar-refractivity contribution in [2.75, 3.05) is 18.5 Å². The lowest BCUT2D eigenvalue weighted by atomic mass is 9.63. The van der Waals surface area contributed by atoms with E-state index in [1.165, 1.54) is 0 Å². The highest BCUT2D eigenvalue weighted by atomic mass is 79.9. The molecule has 1 N–H and O–H groups in total. The van der Waals surface area contributed by atoms with Gasteiger partial charge in [-0.15, -0.1) is 0 Å². The molecule has 43 heavy (non-hydrogen) atoms. The number of anilines is 1. The number of amides is 1. The number of ketones is 2. The lowest BCUT2D eigenvalue weighted by Gasteiger charge is -2.49. The average Bonchev–Trinajstić information content (AvgIpc) is 2.89. The van der Waals surface area contributed by atoms with Gasteiger partial charge in [0.25, 0.3) is 5.91 Å². The molecule has 0 bridgehead atoms. The highest BCUT2D eigenvalue weighted by Gasteiger charge is 2.49. The maximum atomic E-state index is 14.0. The maximum absolute atomic E-state index is 14.0. The summed E-state index contributed by atoms with van der Waals surface area (Å²) in [6, 6.07) is 10.7. The Kier molecular flexibility index (Phi) is 9.05. The van der Waals surface area contributed by atoms with Gasteiger partial charge in [-0.1, -0.05) is 46.2 Å². The summed E-state index contributed by atoms with van der Waals surface area (Å²) in [6.07, 6.45) is 3.36. The number of allylic oxidation sites excluding steroid dienone is 4. The van der Waals surface area contributed by atoms with Gasteiger partial charge in [-0.3, -0.25) is 14.4 Å². The Balaban J connectivity index is 1.53. The zero-order chi connectivity index (χ0) is 31.3. The monoisotopic (exact) mass is 730 g/mol. The molecule has 5 rings (SSSR count). The Hall–Kier alpha value is -2.42. The predicted octanol–water partition coefficient (Wildman–Crippen LogP) is 8.98. The summed E-state index contributed by atoms with van der Waals surface area (Å²) >= 11 is 13.2. The van der Waals surface area contributed by atoms with Crippen molar-refractivity contribution in [1.29, 1.82) is 0 Å². The molecule has 2 aromatic carbocycles. The lowest BCUT2D eigenvalue weighted by Crippen LogP contribution is -2.44. The highest BCUT2D eigenvalue weighted by molar-refractivity contribution is 9.11. The van der Waals surface area contributed by atoms with Crippen LogP contribution < -0.4 is 10.1 Å². The van der Waals surface area contributed by atoms with Crippen molar-refractivity contribution in [3.8, 4) is 5.75 Å². The number of carbonyl (C=O) groups is 3. The first-order valence-electron chi connectivity index (χ1n) is 14.7. The van der Waals surface area contributed by atoms with Gasteiger partial charge in [-0.2, -0.15) is 0 Å². The second kappa shape index (κ2) is 12.2. The summed E-state index contributed by atoms with van der Waals surface area (Å²) in [5.41, 5.74) is 4.74. The molecule has 2 aromatic rings.